The minimum Gasteiger partial charge on any atom is -0.284 e. The van der Waals surface area contributed by atoms with Gasteiger partial charge < -0.3 is 0 Å². The van der Waals surface area contributed by atoms with Crippen molar-refractivity contribution in [3.8, 4) is 0 Å². The zero-order chi connectivity index (χ0) is 13.1. The molecule has 0 fully saturated rings. The van der Waals surface area contributed by atoms with Gasteiger partial charge in [0.05, 0.1) is 4.90 Å². The number of nitrogens with two attached hydrogens (primary N) is 1. The highest BCUT2D eigenvalue weighted by atomic mass is 32.2. The monoisotopic (exact) mass is 256 g/mol. The van der Waals surface area contributed by atoms with Crippen LogP contribution in [0.1, 0.15) is 12.0 Å². The fourth-order valence-corrected chi connectivity index (χ4v) is 1.96. The van der Waals surface area contributed by atoms with E-state index in [-0.39, 0.29) is 10.8 Å². The molecule has 0 unspecified atom stereocenters. The van der Waals surface area contributed by atoms with E-state index in [2.05, 4.69) is 0 Å². The van der Waals surface area contributed by atoms with Crippen molar-refractivity contribution in [3.05, 3.63) is 29.8 Å². The molecular weight excluding hydrogens is 240 g/mol. The first-order valence-electron chi connectivity index (χ1n) is 5.11. The van der Waals surface area contributed by atoms with Crippen LogP contribution in [0, 0.1) is 0 Å². The number of sulfone groups is 1. The van der Waals surface area contributed by atoms with Crippen LogP contribution in [-0.4, -0.2) is 32.6 Å². The van der Waals surface area contributed by atoms with Gasteiger partial charge in [-0.1, -0.05) is 12.1 Å². The zero-order valence-corrected chi connectivity index (χ0v) is 10.7. The Balaban J connectivity index is 2.67. The third-order valence-corrected chi connectivity index (χ3v) is 3.50. The molecule has 1 amide bonds. The maximum atomic E-state index is 11.2. The van der Waals surface area contributed by atoms with E-state index in [0.29, 0.717) is 12.8 Å². The lowest BCUT2D eigenvalue weighted by Crippen LogP contribution is -2.33. The summed E-state index contributed by atoms with van der Waals surface area (Å²) in [5.41, 5.74) is 0.910. The second-order valence-corrected chi connectivity index (χ2v) is 5.94. The summed E-state index contributed by atoms with van der Waals surface area (Å²) in [5, 5.41) is 1.05. The number of hydrogen-bond donors (Lipinski definition) is 1. The molecule has 0 radical (unpaired) electrons. The van der Waals surface area contributed by atoms with Gasteiger partial charge in [-0.3, -0.25) is 9.80 Å². The summed E-state index contributed by atoms with van der Waals surface area (Å²) in [4.78, 5) is 11.5. The number of benzene rings is 1. The van der Waals surface area contributed by atoms with Crippen LogP contribution in [0.3, 0.4) is 0 Å². The van der Waals surface area contributed by atoms with Crippen molar-refractivity contribution >= 4 is 15.7 Å². The molecule has 0 aromatic heterocycles. The average Bonchev–Trinajstić information content (AvgIpc) is 2.25. The molecule has 0 spiro atoms. The van der Waals surface area contributed by atoms with E-state index in [1.807, 2.05) is 0 Å². The molecule has 0 aliphatic carbocycles. The minimum atomic E-state index is -3.16. The van der Waals surface area contributed by atoms with Crippen molar-refractivity contribution < 1.29 is 13.2 Å². The Morgan fingerprint density at radius 1 is 1.29 bits per heavy atom. The normalized spacial score (nSPS) is 11.2. The molecule has 2 N–H and O–H groups in total. The van der Waals surface area contributed by atoms with Crippen molar-refractivity contribution in [2.45, 2.75) is 17.7 Å². The van der Waals surface area contributed by atoms with Gasteiger partial charge in [0.25, 0.3) is 0 Å². The Kier molecular flexibility index (Phi) is 4.25. The lowest BCUT2D eigenvalue weighted by atomic mass is 10.1. The average molecular weight is 256 g/mol. The molecule has 1 aromatic carbocycles. The summed E-state index contributed by atoms with van der Waals surface area (Å²) in [6.45, 7) is 0. The first-order valence-corrected chi connectivity index (χ1v) is 7.00. The maximum absolute atomic E-state index is 11.2. The molecule has 0 heterocycles. The standard InChI is InChI=1S/C11H16N2O3S/c1-13(12)11(14)8-5-9-3-6-10(7-4-9)17(2,15)16/h3-4,6-7H,5,8,12H2,1-2H3. The topological polar surface area (TPSA) is 80.5 Å². The summed E-state index contributed by atoms with van der Waals surface area (Å²) >= 11 is 0. The van der Waals surface area contributed by atoms with Crippen LogP contribution < -0.4 is 5.84 Å². The van der Waals surface area contributed by atoms with E-state index in [0.717, 1.165) is 16.8 Å². The van der Waals surface area contributed by atoms with Crippen LogP contribution in [0.25, 0.3) is 0 Å². The maximum Gasteiger partial charge on any atom is 0.236 e. The van der Waals surface area contributed by atoms with E-state index >= 15 is 0 Å². The highest BCUT2D eigenvalue weighted by Crippen LogP contribution is 2.11. The Hall–Kier alpha value is -1.40. The molecule has 0 saturated heterocycles. The number of carbonyl (C=O) groups is 1. The van der Waals surface area contributed by atoms with Crippen LogP contribution >= 0.6 is 0 Å². The predicted octanol–water partition coefficient (Wildman–Crippen LogP) is 0.355. The van der Waals surface area contributed by atoms with Crippen LogP contribution in [0.15, 0.2) is 29.2 Å². The van der Waals surface area contributed by atoms with Crippen molar-refractivity contribution in [3.63, 3.8) is 0 Å². The van der Waals surface area contributed by atoms with E-state index in [9.17, 15) is 13.2 Å². The molecule has 17 heavy (non-hydrogen) atoms. The molecule has 1 rings (SSSR count). The van der Waals surface area contributed by atoms with Gasteiger partial charge in [0.2, 0.25) is 5.91 Å². The Morgan fingerprint density at radius 3 is 2.24 bits per heavy atom. The largest absolute Gasteiger partial charge is 0.284 e. The lowest BCUT2D eigenvalue weighted by molar-refractivity contribution is -0.130. The molecule has 0 atom stereocenters. The summed E-state index contributed by atoms with van der Waals surface area (Å²) < 4.78 is 22.4. The number of nitrogens with zero attached hydrogens (tertiary/aromatic N) is 1. The Bertz CT molecular complexity index is 492. The number of hydrazine groups is 1. The van der Waals surface area contributed by atoms with Crippen molar-refractivity contribution in [2.75, 3.05) is 13.3 Å². The van der Waals surface area contributed by atoms with E-state index in [4.69, 9.17) is 5.84 Å². The van der Waals surface area contributed by atoms with Gasteiger partial charge in [0.1, 0.15) is 0 Å². The van der Waals surface area contributed by atoms with Crippen LogP contribution in [0.4, 0.5) is 0 Å². The second kappa shape index (κ2) is 5.29. The number of rotatable bonds is 4. The summed E-state index contributed by atoms with van der Waals surface area (Å²) in [7, 11) is -1.66. The summed E-state index contributed by atoms with van der Waals surface area (Å²) in [5.74, 6) is 5.13. The smallest absolute Gasteiger partial charge is 0.236 e. The summed E-state index contributed by atoms with van der Waals surface area (Å²) in [6, 6.07) is 6.50. The third-order valence-electron chi connectivity index (χ3n) is 2.37. The van der Waals surface area contributed by atoms with Gasteiger partial charge in [-0.05, 0) is 24.1 Å². The molecule has 0 bridgehead atoms. The molecule has 1 aromatic rings. The number of carbonyl (C=O) groups excluding carboxylic acids is 1. The van der Waals surface area contributed by atoms with E-state index < -0.39 is 9.84 Å². The lowest BCUT2D eigenvalue weighted by Gasteiger charge is -2.09. The van der Waals surface area contributed by atoms with Gasteiger partial charge in [-0.15, -0.1) is 0 Å². The molecule has 0 aliphatic rings. The van der Waals surface area contributed by atoms with Gasteiger partial charge in [-0.2, -0.15) is 0 Å². The Morgan fingerprint density at radius 2 is 1.82 bits per heavy atom. The highest BCUT2D eigenvalue weighted by molar-refractivity contribution is 7.90. The van der Waals surface area contributed by atoms with Crippen molar-refractivity contribution in [2.24, 2.45) is 5.84 Å². The molecule has 0 saturated carbocycles. The quantitative estimate of drug-likeness (QED) is 0.479. The van der Waals surface area contributed by atoms with Gasteiger partial charge in [-0.25, -0.2) is 14.3 Å². The van der Waals surface area contributed by atoms with Gasteiger partial charge in [0, 0.05) is 19.7 Å². The highest BCUT2D eigenvalue weighted by Gasteiger charge is 2.08. The predicted molar refractivity (Wildman–Crippen MR) is 64.8 cm³/mol. The molecule has 0 aliphatic heterocycles. The molecule has 6 heteroatoms. The number of hydrogen-bond acceptors (Lipinski definition) is 4. The van der Waals surface area contributed by atoms with Crippen molar-refractivity contribution in [1.82, 2.24) is 5.01 Å². The first-order chi connectivity index (χ1) is 7.80. The van der Waals surface area contributed by atoms with E-state index in [1.165, 1.54) is 7.05 Å². The number of aryl methyl sites for hydroxylation is 1. The van der Waals surface area contributed by atoms with Gasteiger partial charge in [0.15, 0.2) is 9.84 Å². The fraction of sp³-hybridized carbons (Fsp3) is 0.364. The van der Waals surface area contributed by atoms with Crippen molar-refractivity contribution in [1.29, 1.82) is 0 Å². The molecule has 5 nitrogen and oxygen atoms in total. The second-order valence-electron chi connectivity index (χ2n) is 3.92. The third kappa shape index (κ3) is 4.16. The Labute approximate surface area is 101 Å². The summed E-state index contributed by atoms with van der Waals surface area (Å²) in [6.07, 6.45) is 2.02. The minimum absolute atomic E-state index is 0.155. The number of amides is 1. The SMILES string of the molecule is CN(N)C(=O)CCc1ccc(S(C)(=O)=O)cc1. The first kappa shape index (κ1) is 13.7. The zero-order valence-electron chi connectivity index (χ0n) is 9.88. The fourth-order valence-electron chi connectivity index (χ4n) is 1.33. The molecular formula is C11H16N2O3S. The van der Waals surface area contributed by atoms with E-state index in [1.54, 1.807) is 24.3 Å². The van der Waals surface area contributed by atoms with Crippen LogP contribution in [0.2, 0.25) is 0 Å². The van der Waals surface area contributed by atoms with Crippen LogP contribution in [0.5, 0.6) is 0 Å². The van der Waals surface area contributed by atoms with Gasteiger partial charge >= 0.3 is 0 Å². The van der Waals surface area contributed by atoms with Crippen LogP contribution in [-0.2, 0) is 21.1 Å². The molecule has 94 valence electrons.